The maximum atomic E-state index is 13.1. The molecule has 4 rings (SSSR count). The van der Waals surface area contributed by atoms with Crippen molar-refractivity contribution >= 4 is 22.2 Å². The molecule has 1 aromatic heterocycles. The standard InChI is InChI=1S/C28H35N3O3S/c1-5-22-19-23(28(35-22)29-27(32)20-10-8-7-9-11-20)26(31-16-14-30(6-2)15-17-31)21-12-13-24(33-3)25(18-21)34-4/h7-13,18-19,26H,5-6,14-17H2,1-4H3,(H,29,32)/t26-/m1/s1. The summed E-state index contributed by atoms with van der Waals surface area (Å²) in [7, 11) is 3.32. The molecule has 0 saturated carbocycles. The van der Waals surface area contributed by atoms with Crippen molar-refractivity contribution in [2.75, 3.05) is 52.3 Å². The zero-order valence-corrected chi connectivity index (χ0v) is 21.9. The number of methoxy groups -OCH3 is 2. The normalized spacial score (nSPS) is 15.5. The molecule has 1 amide bonds. The van der Waals surface area contributed by atoms with Gasteiger partial charge in [0.15, 0.2) is 11.5 Å². The van der Waals surface area contributed by atoms with E-state index in [0.717, 1.165) is 55.3 Å². The number of carbonyl (C=O) groups excluding carboxylic acids is 1. The fourth-order valence-electron chi connectivity index (χ4n) is 4.65. The molecule has 7 heteroatoms. The molecule has 1 atom stereocenters. The van der Waals surface area contributed by atoms with Crippen molar-refractivity contribution in [3.05, 3.63) is 76.2 Å². The van der Waals surface area contributed by atoms with Crippen LogP contribution in [0.4, 0.5) is 5.00 Å². The van der Waals surface area contributed by atoms with Crippen molar-refractivity contribution in [2.45, 2.75) is 26.3 Å². The quantitative estimate of drug-likeness (QED) is 0.438. The van der Waals surface area contributed by atoms with Crippen LogP contribution < -0.4 is 14.8 Å². The molecule has 2 heterocycles. The number of amides is 1. The molecule has 0 spiro atoms. The molecule has 35 heavy (non-hydrogen) atoms. The number of thiophene rings is 1. The van der Waals surface area contributed by atoms with Crippen LogP contribution in [0.1, 0.15) is 46.3 Å². The van der Waals surface area contributed by atoms with Gasteiger partial charge in [0.05, 0.1) is 20.3 Å². The number of anilines is 1. The highest BCUT2D eigenvalue weighted by atomic mass is 32.1. The predicted molar refractivity (Wildman–Crippen MR) is 143 cm³/mol. The van der Waals surface area contributed by atoms with Crippen molar-refractivity contribution in [1.82, 2.24) is 9.80 Å². The SMILES string of the molecule is CCc1cc([C@@H](c2ccc(OC)c(OC)c2)N2CCN(CC)CC2)c(NC(=O)c2ccccc2)s1. The summed E-state index contributed by atoms with van der Waals surface area (Å²) in [6.45, 7) is 9.39. The maximum absolute atomic E-state index is 13.1. The van der Waals surface area contributed by atoms with Crippen LogP contribution in [0.2, 0.25) is 0 Å². The highest BCUT2D eigenvalue weighted by Gasteiger charge is 2.30. The number of benzene rings is 2. The van der Waals surface area contributed by atoms with Crippen LogP contribution in [0.5, 0.6) is 11.5 Å². The minimum Gasteiger partial charge on any atom is -0.493 e. The summed E-state index contributed by atoms with van der Waals surface area (Å²) in [4.78, 5) is 19.4. The molecule has 2 aromatic carbocycles. The minimum atomic E-state index is -0.0850. The van der Waals surface area contributed by atoms with E-state index in [4.69, 9.17) is 9.47 Å². The minimum absolute atomic E-state index is 0.00330. The van der Waals surface area contributed by atoms with Crippen molar-refractivity contribution < 1.29 is 14.3 Å². The summed E-state index contributed by atoms with van der Waals surface area (Å²) in [5.41, 5.74) is 2.92. The molecule has 1 fully saturated rings. The van der Waals surface area contributed by atoms with E-state index in [0.29, 0.717) is 17.1 Å². The van der Waals surface area contributed by atoms with Crippen molar-refractivity contribution in [1.29, 1.82) is 0 Å². The van der Waals surface area contributed by atoms with Gasteiger partial charge in [-0.25, -0.2) is 0 Å². The lowest BCUT2D eigenvalue weighted by molar-refractivity contribution is 0.102. The fourth-order valence-corrected chi connectivity index (χ4v) is 5.67. The van der Waals surface area contributed by atoms with E-state index >= 15 is 0 Å². The van der Waals surface area contributed by atoms with Crippen molar-refractivity contribution in [3.63, 3.8) is 0 Å². The topological polar surface area (TPSA) is 54.0 Å². The Balaban J connectivity index is 1.76. The summed E-state index contributed by atoms with van der Waals surface area (Å²) < 4.78 is 11.1. The Morgan fingerprint density at radius 3 is 2.31 bits per heavy atom. The summed E-state index contributed by atoms with van der Waals surface area (Å²) >= 11 is 1.67. The zero-order valence-electron chi connectivity index (χ0n) is 21.0. The Labute approximate surface area is 212 Å². The van der Waals surface area contributed by atoms with Gasteiger partial charge in [-0.3, -0.25) is 9.69 Å². The van der Waals surface area contributed by atoms with Crippen LogP contribution in [0.25, 0.3) is 0 Å². The highest BCUT2D eigenvalue weighted by Crippen LogP contribution is 2.42. The number of hydrogen-bond donors (Lipinski definition) is 1. The number of likely N-dealkylation sites (N-methyl/N-ethyl adjacent to an activating group) is 1. The predicted octanol–water partition coefficient (Wildman–Crippen LogP) is 5.31. The Kier molecular flexibility index (Phi) is 8.44. The Bertz CT molecular complexity index is 1120. The van der Waals surface area contributed by atoms with Crippen LogP contribution >= 0.6 is 11.3 Å². The third kappa shape index (κ3) is 5.69. The molecule has 1 saturated heterocycles. The van der Waals surface area contributed by atoms with E-state index in [1.165, 1.54) is 4.88 Å². The number of nitrogens with one attached hydrogen (secondary N) is 1. The van der Waals surface area contributed by atoms with Crippen LogP contribution in [0.3, 0.4) is 0 Å². The number of nitrogens with zero attached hydrogens (tertiary/aromatic N) is 2. The third-order valence-electron chi connectivity index (χ3n) is 6.66. The van der Waals surface area contributed by atoms with E-state index < -0.39 is 0 Å². The first kappa shape index (κ1) is 25.2. The lowest BCUT2D eigenvalue weighted by atomic mass is 9.96. The van der Waals surface area contributed by atoms with Gasteiger partial charge >= 0.3 is 0 Å². The van der Waals surface area contributed by atoms with Crippen molar-refractivity contribution in [2.24, 2.45) is 0 Å². The molecule has 0 radical (unpaired) electrons. The van der Waals surface area contributed by atoms with Gasteiger partial charge in [0.2, 0.25) is 0 Å². The first-order chi connectivity index (χ1) is 17.1. The van der Waals surface area contributed by atoms with E-state index in [-0.39, 0.29) is 11.9 Å². The summed E-state index contributed by atoms with van der Waals surface area (Å²) in [5.74, 6) is 1.34. The number of aryl methyl sites for hydroxylation is 1. The average Bonchev–Trinajstić information content (AvgIpc) is 3.31. The van der Waals surface area contributed by atoms with E-state index in [9.17, 15) is 4.79 Å². The van der Waals surface area contributed by atoms with Crippen LogP contribution in [0.15, 0.2) is 54.6 Å². The van der Waals surface area contributed by atoms with Gasteiger partial charge < -0.3 is 19.7 Å². The van der Waals surface area contributed by atoms with E-state index in [1.807, 2.05) is 36.4 Å². The largest absolute Gasteiger partial charge is 0.493 e. The second-order valence-corrected chi connectivity index (χ2v) is 9.79. The molecule has 3 aromatic rings. The Hall–Kier alpha value is -2.87. The number of hydrogen-bond acceptors (Lipinski definition) is 6. The lowest BCUT2D eigenvalue weighted by Crippen LogP contribution is -2.47. The molecule has 6 nitrogen and oxygen atoms in total. The molecule has 0 bridgehead atoms. The molecule has 186 valence electrons. The molecular formula is C28H35N3O3S. The Morgan fingerprint density at radius 1 is 0.971 bits per heavy atom. The van der Waals surface area contributed by atoms with Gasteiger partial charge in [-0.2, -0.15) is 0 Å². The maximum Gasteiger partial charge on any atom is 0.256 e. The molecule has 1 aliphatic heterocycles. The summed E-state index contributed by atoms with van der Waals surface area (Å²) in [6.07, 6.45) is 0.918. The first-order valence-electron chi connectivity index (χ1n) is 12.2. The van der Waals surface area contributed by atoms with Crippen LogP contribution in [0, 0.1) is 0 Å². The van der Waals surface area contributed by atoms with E-state index in [1.54, 1.807) is 25.6 Å². The number of ether oxygens (including phenoxy) is 2. The second kappa shape index (κ2) is 11.7. The molecular weight excluding hydrogens is 458 g/mol. The van der Waals surface area contributed by atoms with Gasteiger partial charge in [-0.05, 0) is 48.9 Å². The molecule has 0 unspecified atom stereocenters. The van der Waals surface area contributed by atoms with Crippen molar-refractivity contribution in [3.8, 4) is 11.5 Å². The fraction of sp³-hybridized carbons (Fsp3) is 0.393. The zero-order chi connectivity index (χ0) is 24.8. The summed E-state index contributed by atoms with van der Waals surface area (Å²) in [5, 5.41) is 4.14. The number of rotatable bonds is 9. The van der Waals surface area contributed by atoms with Crippen LogP contribution in [-0.4, -0.2) is 62.7 Å². The number of carbonyl (C=O) groups is 1. The smallest absolute Gasteiger partial charge is 0.256 e. The van der Waals surface area contributed by atoms with Gasteiger partial charge in [-0.1, -0.05) is 38.1 Å². The van der Waals surface area contributed by atoms with Gasteiger partial charge in [-0.15, -0.1) is 11.3 Å². The molecule has 1 N–H and O–H groups in total. The summed E-state index contributed by atoms with van der Waals surface area (Å²) in [6, 6.07) is 17.8. The number of piperazine rings is 1. The monoisotopic (exact) mass is 493 g/mol. The van der Waals surface area contributed by atoms with Gasteiger partial charge in [0, 0.05) is 42.2 Å². The Morgan fingerprint density at radius 2 is 1.69 bits per heavy atom. The van der Waals surface area contributed by atoms with Crippen LogP contribution in [-0.2, 0) is 6.42 Å². The molecule has 1 aliphatic rings. The lowest BCUT2D eigenvalue weighted by Gasteiger charge is -2.39. The third-order valence-corrected chi connectivity index (χ3v) is 7.87. The second-order valence-electron chi connectivity index (χ2n) is 8.66. The molecule has 0 aliphatic carbocycles. The average molecular weight is 494 g/mol. The van der Waals surface area contributed by atoms with Gasteiger partial charge in [0.25, 0.3) is 5.91 Å². The van der Waals surface area contributed by atoms with Gasteiger partial charge in [0.1, 0.15) is 5.00 Å². The van der Waals surface area contributed by atoms with E-state index in [2.05, 4.69) is 47.2 Å². The first-order valence-corrected chi connectivity index (χ1v) is 13.1. The highest BCUT2D eigenvalue weighted by molar-refractivity contribution is 7.16.